The number of pyridine rings is 1. The highest BCUT2D eigenvalue weighted by molar-refractivity contribution is 6.16. The molecule has 4 nitrogen and oxygen atoms in total. The van der Waals surface area contributed by atoms with Crippen molar-refractivity contribution in [2.45, 2.75) is 0 Å². The third kappa shape index (κ3) is 2.11. The van der Waals surface area contributed by atoms with Crippen LogP contribution in [0, 0.1) is 0 Å². The summed E-state index contributed by atoms with van der Waals surface area (Å²) in [6.45, 7) is 0. The minimum absolute atomic E-state index is 0.683. The smallest absolute Gasteiger partial charge is 0.162 e. The second-order valence-corrected chi connectivity index (χ2v) is 5.60. The van der Waals surface area contributed by atoms with Crippen molar-refractivity contribution >= 4 is 32.4 Å². The zero-order valence-electron chi connectivity index (χ0n) is 13.8. The molecule has 0 aliphatic heterocycles. The predicted molar refractivity (Wildman–Crippen MR) is 96.4 cm³/mol. The van der Waals surface area contributed by atoms with Gasteiger partial charge >= 0.3 is 0 Å². The van der Waals surface area contributed by atoms with E-state index >= 15 is 0 Å². The zero-order chi connectivity index (χ0) is 16.7. The van der Waals surface area contributed by atoms with Crippen LogP contribution in [-0.2, 0) is 0 Å². The van der Waals surface area contributed by atoms with Crippen molar-refractivity contribution in [3.05, 3.63) is 48.7 Å². The highest BCUT2D eigenvalue weighted by Gasteiger charge is 2.11. The molecule has 24 heavy (non-hydrogen) atoms. The maximum Gasteiger partial charge on any atom is 0.162 e. The van der Waals surface area contributed by atoms with Crippen molar-refractivity contribution in [2.75, 3.05) is 21.3 Å². The Morgan fingerprint density at radius 3 is 2.17 bits per heavy atom. The van der Waals surface area contributed by atoms with Crippen molar-refractivity contribution in [1.82, 2.24) is 4.98 Å². The molecular weight excluding hydrogens is 302 g/mol. The average Bonchev–Trinajstić information content (AvgIpc) is 2.65. The molecule has 0 bridgehead atoms. The third-order valence-electron chi connectivity index (χ3n) is 4.39. The van der Waals surface area contributed by atoms with Crippen LogP contribution in [0.25, 0.3) is 32.4 Å². The fourth-order valence-corrected chi connectivity index (χ4v) is 3.16. The SMILES string of the molecule is COc1ccc2c(ccc3c4cc(OC)c(OC)cc4ncc23)c1. The second-order valence-electron chi connectivity index (χ2n) is 5.60. The number of ether oxygens (including phenoxy) is 3. The molecule has 0 atom stereocenters. The third-order valence-corrected chi connectivity index (χ3v) is 4.39. The van der Waals surface area contributed by atoms with Gasteiger partial charge in [0.1, 0.15) is 5.75 Å². The number of fused-ring (bicyclic) bond motifs is 5. The van der Waals surface area contributed by atoms with Crippen LogP contribution in [0.1, 0.15) is 0 Å². The van der Waals surface area contributed by atoms with E-state index in [4.69, 9.17) is 14.2 Å². The Morgan fingerprint density at radius 1 is 0.667 bits per heavy atom. The molecule has 0 amide bonds. The van der Waals surface area contributed by atoms with E-state index in [2.05, 4.69) is 23.2 Å². The fourth-order valence-electron chi connectivity index (χ4n) is 3.16. The number of nitrogens with zero attached hydrogens (tertiary/aromatic N) is 1. The van der Waals surface area contributed by atoms with E-state index < -0.39 is 0 Å². The number of hydrogen-bond acceptors (Lipinski definition) is 4. The van der Waals surface area contributed by atoms with Crippen LogP contribution < -0.4 is 14.2 Å². The molecule has 1 heterocycles. The topological polar surface area (TPSA) is 40.6 Å². The number of hydrogen-bond donors (Lipinski definition) is 0. The first-order valence-corrected chi connectivity index (χ1v) is 7.66. The average molecular weight is 319 g/mol. The van der Waals surface area contributed by atoms with Crippen molar-refractivity contribution < 1.29 is 14.2 Å². The Hall–Kier alpha value is -3.01. The van der Waals surface area contributed by atoms with Gasteiger partial charge in [-0.3, -0.25) is 4.98 Å². The maximum absolute atomic E-state index is 5.44. The van der Waals surface area contributed by atoms with Gasteiger partial charge in [0.2, 0.25) is 0 Å². The molecule has 0 N–H and O–H groups in total. The van der Waals surface area contributed by atoms with Gasteiger partial charge in [-0.1, -0.05) is 18.2 Å². The normalized spacial score (nSPS) is 11.1. The summed E-state index contributed by atoms with van der Waals surface area (Å²) < 4.78 is 16.1. The summed E-state index contributed by atoms with van der Waals surface area (Å²) in [6, 6.07) is 14.2. The largest absolute Gasteiger partial charge is 0.497 e. The monoisotopic (exact) mass is 319 g/mol. The molecule has 0 aliphatic carbocycles. The predicted octanol–water partition coefficient (Wildman–Crippen LogP) is 4.57. The Balaban J connectivity index is 2.09. The van der Waals surface area contributed by atoms with Crippen LogP contribution in [0.4, 0.5) is 0 Å². The fraction of sp³-hybridized carbons (Fsp3) is 0.150. The van der Waals surface area contributed by atoms with Crippen LogP contribution in [0.5, 0.6) is 17.2 Å². The molecule has 0 unspecified atom stereocenters. The number of benzene rings is 3. The Morgan fingerprint density at radius 2 is 1.42 bits per heavy atom. The summed E-state index contributed by atoms with van der Waals surface area (Å²) in [6.07, 6.45) is 1.92. The van der Waals surface area contributed by atoms with E-state index in [-0.39, 0.29) is 0 Å². The van der Waals surface area contributed by atoms with Gasteiger partial charge in [0.15, 0.2) is 11.5 Å². The van der Waals surface area contributed by atoms with Gasteiger partial charge in [0.05, 0.1) is 26.8 Å². The van der Waals surface area contributed by atoms with Crippen LogP contribution in [-0.4, -0.2) is 26.3 Å². The van der Waals surface area contributed by atoms with Gasteiger partial charge in [-0.15, -0.1) is 0 Å². The summed E-state index contributed by atoms with van der Waals surface area (Å²) in [5.74, 6) is 2.23. The van der Waals surface area contributed by atoms with Gasteiger partial charge in [0.25, 0.3) is 0 Å². The van der Waals surface area contributed by atoms with Crippen molar-refractivity contribution in [3.63, 3.8) is 0 Å². The number of aromatic nitrogens is 1. The number of methoxy groups -OCH3 is 3. The lowest BCUT2D eigenvalue weighted by Gasteiger charge is -2.12. The molecule has 120 valence electrons. The number of rotatable bonds is 3. The van der Waals surface area contributed by atoms with Crippen LogP contribution >= 0.6 is 0 Å². The highest BCUT2D eigenvalue weighted by atomic mass is 16.5. The highest BCUT2D eigenvalue weighted by Crippen LogP contribution is 2.37. The van der Waals surface area contributed by atoms with E-state index in [1.165, 1.54) is 0 Å². The first-order chi connectivity index (χ1) is 11.7. The van der Waals surface area contributed by atoms with E-state index in [0.29, 0.717) is 11.5 Å². The quantitative estimate of drug-likeness (QED) is 0.519. The standard InChI is InChI=1S/C20H17NO3/c1-22-13-5-7-14-12(8-13)4-6-15-16-9-19(23-2)20(24-3)10-18(16)21-11-17(14)15/h4-11H,1-3H3. The van der Waals surface area contributed by atoms with Crippen LogP contribution in [0.3, 0.4) is 0 Å². The molecule has 0 saturated heterocycles. The summed E-state index contributed by atoms with van der Waals surface area (Å²) in [4.78, 5) is 4.62. The minimum Gasteiger partial charge on any atom is -0.497 e. The Labute approximate surface area is 139 Å². The van der Waals surface area contributed by atoms with Gasteiger partial charge in [-0.2, -0.15) is 0 Å². The Kier molecular flexibility index (Phi) is 3.38. The summed E-state index contributed by atoms with van der Waals surface area (Å²) in [5.41, 5.74) is 0.882. The summed E-state index contributed by atoms with van der Waals surface area (Å²) >= 11 is 0. The molecule has 0 saturated carbocycles. The molecule has 1 aromatic heterocycles. The van der Waals surface area contributed by atoms with Crippen molar-refractivity contribution in [1.29, 1.82) is 0 Å². The molecule has 0 aliphatic rings. The zero-order valence-corrected chi connectivity index (χ0v) is 13.8. The van der Waals surface area contributed by atoms with E-state index in [0.717, 1.165) is 38.2 Å². The van der Waals surface area contributed by atoms with Gasteiger partial charge in [0, 0.05) is 23.0 Å². The Bertz CT molecular complexity index is 1070. The molecule has 0 radical (unpaired) electrons. The van der Waals surface area contributed by atoms with Crippen molar-refractivity contribution in [3.8, 4) is 17.2 Å². The maximum atomic E-state index is 5.44. The minimum atomic E-state index is 0.683. The van der Waals surface area contributed by atoms with Gasteiger partial charge < -0.3 is 14.2 Å². The van der Waals surface area contributed by atoms with E-state index in [9.17, 15) is 0 Å². The van der Waals surface area contributed by atoms with E-state index in [1.807, 2.05) is 30.5 Å². The summed E-state index contributed by atoms with van der Waals surface area (Å²) in [5, 5.41) is 5.57. The molecule has 4 heteroatoms. The van der Waals surface area contributed by atoms with Crippen LogP contribution in [0.2, 0.25) is 0 Å². The lowest BCUT2D eigenvalue weighted by Crippen LogP contribution is -1.92. The lowest BCUT2D eigenvalue weighted by molar-refractivity contribution is 0.356. The molecule has 0 spiro atoms. The first-order valence-electron chi connectivity index (χ1n) is 7.66. The van der Waals surface area contributed by atoms with Gasteiger partial charge in [-0.25, -0.2) is 0 Å². The summed E-state index contributed by atoms with van der Waals surface area (Å²) in [7, 11) is 4.95. The second kappa shape index (κ2) is 5.57. The molecule has 4 rings (SSSR count). The van der Waals surface area contributed by atoms with Gasteiger partial charge in [-0.05, 0) is 34.4 Å². The van der Waals surface area contributed by atoms with Crippen LogP contribution in [0.15, 0.2) is 48.7 Å². The molecular formula is C20H17NO3. The molecule has 3 aromatic carbocycles. The molecule has 0 fully saturated rings. The first kappa shape index (κ1) is 14.6. The molecule has 4 aromatic rings. The lowest BCUT2D eigenvalue weighted by atomic mass is 10.00. The van der Waals surface area contributed by atoms with Crippen molar-refractivity contribution in [2.24, 2.45) is 0 Å². The van der Waals surface area contributed by atoms with E-state index in [1.54, 1.807) is 21.3 Å².